The molecule has 5 N–H and O–H groups in total. The summed E-state index contributed by atoms with van der Waals surface area (Å²) in [5.41, 5.74) is 6.74. The Morgan fingerprint density at radius 1 is 1.04 bits per heavy atom. The van der Waals surface area contributed by atoms with E-state index in [0.29, 0.717) is 18.4 Å². The molecule has 2 aromatic carbocycles. The van der Waals surface area contributed by atoms with E-state index in [4.69, 9.17) is 5.73 Å². The van der Waals surface area contributed by atoms with Crippen LogP contribution in [-0.4, -0.2) is 40.5 Å². The SMILES string of the molecule is NC[C@H](NC(=O)C1(CC(=O)O)Cc2ccccc2C1)C(=O)c1ccc(O)cc1. The fourth-order valence-corrected chi connectivity index (χ4v) is 3.72. The average Bonchev–Trinajstić information content (AvgIpc) is 3.04. The van der Waals surface area contributed by atoms with E-state index in [1.54, 1.807) is 0 Å². The highest BCUT2D eigenvalue weighted by atomic mass is 16.4. The first kappa shape index (κ1) is 19.6. The smallest absolute Gasteiger partial charge is 0.304 e. The Balaban J connectivity index is 1.82. The van der Waals surface area contributed by atoms with Crippen molar-refractivity contribution in [2.75, 3.05) is 6.54 Å². The van der Waals surface area contributed by atoms with Crippen molar-refractivity contribution in [3.8, 4) is 5.75 Å². The molecule has 28 heavy (non-hydrogen) atoms. The lowest BCUT2D eigenvalue weighted by atomic mass is 9.80. The van der Waals surface area contributed by atoms with Crippen LogP contribution in [0.15, 0.2) is 48.5 Å². The van der Waals surface area contributed by atoms with Crippen LogP contribution in [0.3, 0.4) is 0 Å². The summed E-state index contributed by atoms with van der Waals surface area (Å²) in [6.45, 7) is -0.123. The number of fused-ring (bicyclic) bond motifs is 1. The number of hydrogen-bond donors (Lipinski definition) is 4. The van der Waals surface area contributed by atoms with Crippen LogP contribution in [0.2, 0.25) is 0 Å². The lowest BCUT2D eigenvalue weighted by Crippen LogP contribution is -2.52. The standard InChI is InChI=1S/C21H22N2O5/c22-12-17(19(27)13-5-7-16(24)8-6-13)23-20(28)21(11-18(25)26)9-14-3-1-2-4-15(14)10-21/h1-8,17,24H,9-12,22H2,(H,23,28)(H,25,26)/t17-/m0/s1. The molecule has 1 aliphatic carbocycles. The molecule has 0 aliphatic heterocycles. The third-order valence-electron chi connectivity index (χ3n) is 5.16. The number of amides is 1. The number of nitrogens with one attached hydrogen (secondary N) is 1. The summed E-state index contributed by atoms with van der Waals surface area (Å²) >= 11 is 0. The number of ketones is 1. The van der Waals surface area contributed by atoms with Gasteiger partial charge in [0.25, 0.3) is 0 Å². The van der Waals surface area contributed by atoms with Crippen molar-refractivity contribution in [3.05, 3.63) is 65.2 Å². The van der Waals surface area contributed by atoms with E-state index in [1.165, 1.54) is 24.3 Å². The lowest BCUT2D eigenvalue weighted by Gasteiger charge is -2.28. The van der Waals surface area contributed by atoms with E-state index in [1.807, 2.05) is 24.3 Å². The molecule has 0 spiro atoms. The van der Waals surface area contributed by atoms with E-state index in [9.17, 15) is 24.6 Å². The van der Waals surface area contributed by atoms with Crippen LogP contribution in [-0.2, 0) is 22.4 Å². The maximum atomic E-state index is 13.1. The molecule has 0 saturated carbocycles. The van der Waals surface area contributed by atoms with Gasteiger partial charge in [0, 0.05) is 12.1 Å². The second-order valence-electron chi connectivity index (χ2n) is 7.15. The Morgan fingerprint density at radius 3 is 2.11 bits per heavy atom. The molecule has 7 nitrogen and oxygen atoms in total. The molecule has 0 saturated heterocycles. The van der Waals surface area contributed by atoms with Gasteiger partial charge in [0.15, 0.2) is 5.78 Å². The van der Waals surface area contributed by atoms with Crippen molar-refractivity contribution in [1.29, 1.82) is 0 Å². The Kier molecular flexibility index (Phi) is 5.46. The highest BCUT2D eigenvalue weighted by molar-refractivity contribution is 6.03. The monoisotopic (exact) mass is 382 g/mol. The molecule has 0 unspecified atom stereocenters. The Hall–Kier alpha value is -3.19. The van der Waals surface area contributed by atoms with Gasteiger partial charge in [0.05, 0.1) is 11.8 Å². The van der Waals surface area contributed by atoms with E-state index in [0.717, 1.165) is 11.1 Å². The van der Waals surface area contributed by atoms with Gasteiger partial charge in [0.1, 0.15) is 11.8 Å². The molecule has 1 atom stereocenters. The zero-order chi connectivity index (χ0) is 20.3. The summed E-state index contributed by atoms with van der Waals surface area (Å²) in [4.78, 5) is 37.3. The first-order valence-electron chi connectivity index (χ1n) is 8.97. The molecule has 3 rings (SSSR count). The summed E-state index contributed by atoms with van der Waals surface area (Å²) in [5, 5.41) is 21.4. The van der Waals surface area contributed by atoms with Crippen molar-refractivity contribution in [1.82, 2.24) is 5.32 Å². The zero-order valence-electron chi connectivity index (χ0n) is 15.2. The van der Waals surface area contributed by atoms with Gasteiger partial charge in [0.2, 0.25) is 5.91 Å². The van der Waals surface area contributed by atoms with Crippen molar-refractivity contribution in [2.45, 2.75) is 25.3 Å². The van der Waals surface area contributed by atoms with Gasteiger partial charge in [-0.1, -0.05) is 24.3 Å². The number of carboxylic acid groups (broad SMARTS) is 1. The van der Waals surface area contributed by atoms with Gasteiger partial charge in [-0.25, -0.2) is 0 Å². The van der Waals surface area contributed by atoms with E-state index >= 15 is 0 Å². The number of carbonyl (C=O) groups excluding carboxylic acids is 2. The minimum absolute atomic E-state index is 0.0222. The zero-order valence-corrected chi connectivity index (χ0v) is 15.2. The number of phenols is 1. The number of phenolic OH excluding ortho intramolecular Hbond substituents is 1. The molecule has 0 heterocycles. The van der Waals surface area contributed by atoms with Crippen LogP contribution >= 0.6 is 0 Å². The number of aliphatic carboxylic acids is 1. The molecule has 1 aliphatic rings. The van der Waals surface area contributed by atoms with Gasteiger partial charge >= 0.3 is 5.97 Å². The van der Waals surface area contributed by atoms with Crippen molar-refractivity contribution >= 4 is 17.7 Å². The molecule has 1 amide bonds. The number of nitrogens with two attached hydrogens (primary N) is 1. The van der Waals surface area contributed by atoms with Crippen LogP contribution in [0, 0.1) is 5.41 Å². The first-order valence-corrected chi connectivity index (χ1v) is 8.97. The largest absolute Gasteiger partial charge is 0.508 e. The fraction of sp³-hybridized carbons (Fsp3) is 0.286. The first-order chi connectivity index (χ1) is 13.3. The quantitative estimate of drug-likeness (QED) is 0.534. The highest BCUT2D eigenvalue weighted by Gasteiger charge is 2.46. The van der Waals surface area contributed by atoms with Crippen molar-refractivity contribution in [2.24, 2.45) is 11.1 Å². The van der Waals surface area contributed by atoms with Crippen molar-refractivity contribution in [3.63, 3.8) is 0 Å². The Morgan fingerprint density at radius 2 is 1.61 bits per heavy atom. The highest BCUT2D eigenvalue weighted by Crippen LogP contribution is 2.40. The Bertz CT molecular complexity index is 882. The number of aromatic hydroxyl groups is 1. The van der Waals surface area contributed by atoms with E-state index in [2.05, 4.69) is 5.32 Å². The van der Waals surface area contributed by atoms with Gasteiger partial charge in [-0.3, -0.25) is 14.4 Å². The number of rotatable bonds is 7. The fourth-order valence-electron chi connectivity index (χ4n) is 3.72. The van der Waals surface area contributed by atoms with Crippen LogP contribution in [0.25, 0.3) is 0 Å². The molecule has 146 valence electrons. The average molecular weight is 382 g/mol. The number of Topliss-reactive ketones (excluding diaryl/α,β-unsaturated/α-hetero) is 1. The van der Waals surface area contributed by atoms with Crippen LogP contribution < -0.4 is 11.1 Å². The van der Waals surface area contributed by atoms with Crippen LogP contribution in [0.4, 0.5) is 0 Å². The molecule has 0 fully saturated rings. The predicted molar refractivity (Wildman–Crippen MR) is 102 cm³/mol. The predicted octanol–water partition coefficient (Wildman–Crippen LogP) is 1.28. The molecule has 0 radical (unpaired) electrons. The summed E-state index contributed by atoms with van der Waals surface area (Å²) < 4.78 is 0. The molecule has 7 heteroatoms. The second kappa shape index (κ2) is 7.82. The maximum Gasteiger partial charge on any atom is 0.304 e. The summed E-state index contributed by atoms with van der Waals surface area (Å²) in [7, 11) is 0. The maximum absolute atomic E-state index is 13.1. The minimum atomic E-state index is -1.15. The van der Waals surface area contributed by atoms with Crippen LogP contribution in [0.1, 0.15) is 27.9 Å². The third-order valence-corrected chi connectivity index (χ3v) is 5.16. The second-order valence-corrected chi connectivity index (χ2v) is 7.15. The van der Waals surface area contributed by atoms with E-state index < -0.39 is 29.1 Å². The van der Waals surface area contributed by atoms with Crippen molar-refractivity contribution < 1.29 is 24.6 Å². The number of carboxylic acids is 1. The number of hydrogen-bond acceptors (Lipinski definition) is 5. The number of carbonyl (C=O) groups is 3. The summed E-state index contributed by atoms with van der Waals surface area (Å²) in [6.07, 6.45) is 0.260. The summed E-state index contributed by atoms with van der Waals surface area (Å²) in [6, 6.07) is 12.1. The molecular formula is C21H22N2O5. The minimum Gasteiger partial charge on any atom is -0.508 e. The molecule has 2 aromatic rings. The number of benzene rings is 2. The third kappa shape index (κ3) is 3.89. The summed E-state index contributed by atoms with van der Waals surface area (Å²) in [5.74, 6) is -1.93. The van der Waals surface area contributed by atoms with Gasteiger partial charge in [-0.2, -0.15) is 0 Å². The molecule has 0 aromatic heterocycles. The van der Waals surface area contributed by atoms with Gasteiger partial charge < -0.3 is 21.3 Å². The van der Waals surface area contributed by atoms with Gasteiger partial charge in [-0.05, 0) is 48.2 Å². The topological polar surface area (TPSA) is 130 Å². The molecule has 0 bridgehead atoms. The van der Waals surface area contributed by atoms with Crippen LogP contribution in [0.5, 0.6) is 5.75 Å². The Labute approximate surface area is 162 Å². The van der Waals surface area contributed by atoms with E-state index in [-0.39, 0.29) is 18.7 Å². The van der Waals surface area contributed by atoms with Gasteiger partial charge in [-0.15, -0.1) is 0 Å². The normalized spacial score (nSPS) is 15.5. The lowest BCUT2D eigenvalue weighted by molar-refractivity contribution is -0.145. The molecular weight excluding hydrogens is 360 g/mol.